The lowest BCUT2D eigenvalue weighted by atomic mass is 9.92. The number of benzene rings is 1. The molecule has 6 heteroatoms. The van der Waals surface area contributed by atoms with Crippen LogP contribution < -0.4 is 10.6 Å². The third kappa shape index (κ3) is 5.60. The van der Waals surface area contributed by atoms with Crippen molar-refractivity contribution >= 4 is 17.4 Å². The van der Waals surface area contributed by atoms with E-state index in [0.717, 1.165) is 28.9 Å². The molecule has 0 aliphatic rings. The maximum atomic E-state index is 12.6. The number of carbonyl (C=O) groups excluding carboxylic acids is 1. The summed E-state index contributed by atoms with van der Waals surface area (Å²) in [6.07, 6.45) is 5.87. The van der Waals surface area contributed by atoms with E-state index in [-0.39, 0.29) is 11.3 Å². The van der Waals surface area contributed by atoms with E-state index in [1.54, 1.807) is 12.4 Å². The molecule has 0 saturated heterocycles. The Morgan fingerprint density at radius 2 is 1.90 bits per heavy atom. The molecule has 0 radical (unpaired) electrons. The van der Waals surface area contributed by atoms with Crippen molar-refractivity contribution in [3.05, 3.63) is 66.2 Å². The van der Waals surface area contributed by atoms with E-state index < -0.39 is 0 Å². The normalized spacial score (nSPS) is 11.2. The first-order valence-corrected chi connectivity index (χ1v) is 9.71. The van der Waals surface area contributed by atoms with Crippen molar-refractivity contribution in [3.63, 3.8) is 0 Å². The van der Waals surface area contributed by atoms with Gasteiger partial charge in [0.1, 0.15) is 12.1 Å². The molecule has 0 atom stereocenters. The van der Waals surface area contributed by atoms with Gasteiger partial charge in [0, 0.05) is 35.8 Å². The number of hydrogen-bond donors (Lipinski definition) is 2. The molecule has 0 aliphatic carbocycles. The molecule has 3 rings (SSSR count). The molecule has 0 bridgehead atoms. The molecule has 0 spiro atoms. The summed E-state index contributed by atoms with van der Waals surface area (Å²) >= 11 is 0. The van der Waals surface area contributed by atoms with Crippen molar-refractivity contribution in [1.29, 1.82) is 0 Å². The van der Waals surface area contributed by atoms with Crippen molar-refractivity contribution in [2.75, 3.05) is 11.9 Å². The van der Waals surface area contributed by atoms with E-state index in [4.69, 9.17) is 0 Å². The van der Waals surface area contributed by atoms with Gasteiger partial charge in [0.2, 0.25) is 0 Å². The average molecular weight is 390 g/mol. The first-order valence-electron chi connectivity index (χ1n) is 9.71. The third-order valence-electron chi connectivity index (χ3n) is 4.58. The Morgan fingerprint density at radius 3 is 2.62 bits per heavy atom. The average Bonchev–Trinajstić information content (AvgIpc) is 2.69. The fourth-order valence-corrected chi connectivity index (χ4v) is 2.84. The third-order valence-corrected chi connectivity index (χ3v) is 4.58. The van der Waals surface area contributed by atoms with Crippen LogP contribution in [-0.2, 0) is 0 Å². The molecule has 6 nitrogen and oxygen atoms in total. The Bertz CT molecular complexity index is 980. The van der Waals surface area contributed by atoms with Crippen LogP contribution in [0.15, 0.2) is 55.1 Å². The molecule has 3 aromatic rings. The lowest BCUT2D eigenvalue weighted by Crippen LogP contribution is -2.27. The summed E-state index contributed by atoms with van der Waals surface area (Å²) in [6, 6.07) is 11.3. The topological polar surface area (TPSA) is 79.8 Å². The second-order valence-electron chi connectivity index (χ2n) is 8.22. The van der Waals surface area contributed by atoms with Crippen LogP contribution in [0, 0.1) is 12.3 Å². The minimum atomic E-state index is -0.0747. The minimum Gasteiger partial charge on any atom is -0.352 e. The van der Waals surface area contributed by atoms with Gasteiger partial charge < -0.3 is 10.6 Å². The molecule has 2 aromatic heterocycles. The van der Waals surface area contributed by atoms with Crippen molar-refractivity contribution in [3.8, 4) is 11.3 Å². The van der Waals surface area contributed by atoms with Gasteiger partial charge in [-0.3, -0.25) is 4.79 Å². The fraction of sp³-hybridized carbons (Fsp3) is 0.304. The zero-order valence-electron chi connectivity index (χ0n) is 17.4. The van der Waals surface area contributed by atoms with Crippen LogP contribution in [0.1, 0.15) is 43.1 Å². The highest BCUT2D eigenvalue weighted by molar-refractivity contribution is 5.95. The second kappa shape index (κ2) is 8.82. The standard InChI is InChI=1S/C23H27N5O/c1-16-7-8-17(22(29)26-13-10-23(2,3)4)14-20(16)28-21-18(6-5-11-25-21)19-9-12-24-15-27-19/h5-9,11-12,14-15H,10,13H2,1-4H3,(H,25,28)(H,26,29). The number of rotatable bonds is 6. The number of amides is 1. The van der Waals surface area contributed by atoms with E-state index in [9.17, 15) is 4.79 Å². The quantitative estimate of drug-likeness (QED) is 0.635. The molecular formula is C23H27N5O. The Morgan fingerprint density at radius 1 is 1.07 bits per heavy atom. The van der Waals surface area contributed by atoms with Crippen LogP contribution in [0.25, 0.3) is 11.3 Å². The monoisotopic (exact) mass is 389 g/mol. The fourth-order valence-electron chi connectivity index (χ4n) is 2.84. The van der Waals surface area contributed by atoms with Crippen molar-refractivity contribution in [2.45, 2.75) is 34.1 Å². The number of hydrogen-bond acceptors (Lipinski definition) is 5. The van der Waals surface area contributed by atoms with Crippen molar-refractivity contribution in [1.82, 2.24) is 20.3 Å². The van der Waals surface area contributed by atoms with Gasteiger partial charge in [0.25, 0.3) is 5.91 Å². The molecule has 0 saturated carbocycles. The molecule has 150 valence electrons. The molecule has 0 unspecified atom stereocenters. The molecule has 0 aliphatic heterocycles. The molecular weight excluding hydrogens is 362 g/mol. The number of anilines is 2. The van der Waals surface area contributed by atoms with Gasteiger partial charge in [-0.25, -0.2) is 15.0 Å². The lowest BCUT2D eigenvalue weighted by Gasteiger charge is -2.18. The van der Waals surface area contributed by atoms with Gasteiger partial charge in [0.15, 0.2) is 0 Å². The molecule has 2 heterocycles. The molecule has 0 fully saturated rings. The Hall–Kier alpha value is -3.28. The maximum absolute atomic E-state index is 12.6. The van der Waals surface area contributed by atoms with E-state index >= 15 is 0 Å². The summed E-state index contributed by atoms with van der Waals surface area (Å²) in [5.41, 5.74) is 4.31. The van der Waals surface area contributed by atoms with Gasteiger partial charge >= 0.3 is 0 Å². The van der Waals surface area contributed by atoms with Gasteiger partial charge in [-0.2, -0.15) is 0 Å². The maximum Gasteiger partial charge on any atom is 0.251 e. The molecule has 1 amide bonds. The van der Waals surface area contributed by atoms with E-state index in [1.165, 1.54) is 6.33 Å². The summed E-state index contributed by atoms with van der Waals surface area (Å²) in [4.78, 5) is 25.3. The van der Waals surface area contributed by atoms with Gasteiger partial charge in [0.05, 0.1) is 5.69 Å². The summed E-state index contributed by atoms with van der Waals surface area (Å²) in [6.45, 7) is 9.13. The lowest BCUT2D eigenvalue weighted by molar-refractivity contribution is 0.0949. The number of aromatic nitrogens is 3. The first kappa shape index (κ1) is 20.5. The Balaban J connectivity index is 1.81. The Kier molecular flexibility index (Phi) is 6.22. The van der Waals surface area contributed by atoms with Crippen LogP contribution in [0.5, 0.6) is 0 Å². The summed E-state index contributed by atoms with van der Waals surface area (Å²) in [7, 11) is 0. The number of nitrogens with zero attached hydrogens (tertiary/aromatic N) is 3. The van der Waals surface area contributed by atoms with E-state index in [2.05, 4.69) is 46.4 Å². The minimum absolute atomic E-state index is 0.0747. The second-order valence-corrected chi connectivity index (χ2v) is 8.22. The van der Waals surface area contributed by atoms with E-state index in [0.29, 0.717) is 17.9 Å². The smallest absolute Gasteiger partial charge is 0.251 e. The highest BCUT2D eigenvalue weighted by Gasteiger charge is 2.13. The first-order chi connectivity index (χ1) is 13.8. The number of nitrogens with one attached hydrogen (secondary N) is 2. The summed E-state index contributed by atoms with van der Waals surface area (Å²) in [5.74, 6) is 0.605. The van der Waals surface area contributed by atoms with Crippen LogP contribution in [-0.4, -0.2) is 27.4 Å². The molecule has 1 aromatic carbocycles. The SMILES string of the molecule is Cc1ccc(C(=O)NCCC(C)(C)C)cc1Nc1ncccc1-c1ccncn1. The molecule has 29 heavy (non-hydrogen) atoms. The van der Waals surface area contributed by atoms with Crippen LogP contribution in [0.3, 0.4) is 0 Å². The molecule has 2 N–H and O–H groups in total. The Labute approximate surface area is 171 Å². The largest absolute Gasteiger partial charge is 0.352 e. The number of aryl methyl sites for hydroxylation is 1. The van der Waals surface area contributed by atoms with Gasteiger partial charge in [-0.05, 0) is 54.7 Å². The van der Waals surface area contributed by atoms with Crippen molar-refractivity contribution in [2.24, 2.45) is 5.41 Å². The van der Waals surface area contributed by atoms with Crippen LogP contribution in [0.2, 0.25) is 0 Å². The summed E-state index contributed by atoms with van der Waals surface area (Å²) < 4.78 is 0. The van der Waals surface area contributed by atoms with Gasteiger partial charge in [-0.1, -0.05) is 26.8 Å². The highest BCUT2D eigenvalue weighted by atomic mass is 16.1. The van der Waals surface area contributed by atoms with Crippen LogP contribution >= 0.6 is 0 Å². The van der Waals surface area contributed by atoms with E-state index in [1.807, 2.05) is 43.3 Å². The predicted molar refractivity (Wildman–Crippen MR) is 116 cm³/mol. The predicted octanol–water partition coefficient (Wildman–Crippen LogP) is 4.76. The zero-order chi connectivity index (χ0) is 20.9. The number of pyridine rings is 1. The van der Waals surface area contributed by atoms with Crippen molar-refractivity contribution < 1.29 is 4.79 Å². The highest BCUT2D eigenvalue weighted by Crippen LogP contribution is 2.28. The zero-order valence-corrected chi connectivity index (χ0v) is 17.4. The summed E-state index contributed by atoms with van der Waals surface area (Å²) in [5, 5.41) is 6.37. The van der Waals surface area contributed by atoms with Crippen LogP contribution in [0.4, 0.5) is 11.5 Å². The number of carbonyl (C=O) groups is 1. The van der Waals surface area contributed by atoms with Gasteiger partial charge in [-0.15, -0.1) is 0 Å².